The molecule has 3 N–H and O–H groups in total. The molecule has 2 aromatic rings. The minimum absolute atomic E-state index is 0.175. The number of ether oxygens (including phenoxy) is 2. The van der Waals surface area contributed by atoms with E-state index in [1.54, 1.807) is 26.4 Å². The first-order valence-corrected chi connectivity index (χ1v) is 8.64. The van der Waals surface area contributed by atoms with Gasteiger partial charge in [-0.25, -0.2) is 0 Å². The molecule has 138 valence electrons. The van der Waals surface area contributed by atoms with E-state index in [1.807, 2.05) is 30.3 Å². The summed E-state index contributed by atoms with van der Waals surface area (Å²) in [6.07, 6.45) is 0.158. The Morgan fingerprint density at radius 3 is 2.31 bits per heavy atom. The second-order valence-corrected chi connectivity index (χ2v) is 6.32. The number of hydrogen-bond donors (Lipinski definition) is 3. The number of hydrogen-bond acceptors (Lipinski definition) is 5. The van der Waals surface area contributed by atoms with Crippen LogP contribution in [-0.2, 0) is 0 Å². The number of rotatable bonds is 5. The molecule has 0 bridgehead atoms. The number of methoxy groups -OCH3 is 2. The van der Waals surface area contributed by atoms with Gasteiger partial charge in [-0.3, -0.25) is 4.79 Å². The fraction of sp³-hybridized carbons (Fsp3) is 0.350. The molecule has 0 radical (unpaired) electrons. The van der Waals surface area contributed by atoms with Crippen LogP contribution in [0.4, 0.5) is 0 Å². The van der Waals surface area contributed by atoms with Gasteiger partial charge in [-0.15, -0.1) is 0 Å². The number of β-amino-alcohol motifs (C(OH)–C–C–N with tert-alkyl or cyclic N) is 1. The van der Waals surface area contributed by atoms with E-state index in [2.05, 4.69) is 10.6 Å². The number of carbonyl (C=O) groups excluding carboxylic acids is 1. The maximum absolute atomic E-state index is 12.4. The van der Waals surface area contributed by atoms with Crippen molar-refractivity contribution in [1.82, 2.24) is 10.6 Å². The Morgan fingerprint density at radius 2 is 1.73 bits per heavy atom. The zero-order valence-corrected chi connectivity index (χ0v) is 15.0. The summed E-state index contributed by atoms with van der Waals surface area (Å²) in [5, 5.41) is 16.0. The van der Waals surface area contributed by atoms with Crippen molar-refractivity contribution < 1.29 is 19.4 Å². The lowest BCUT2D eigenvalue weighted by Gasteiger charge is -2.29. The molecule has 1 heterocycles. The zero-order chi connectivity index (χ0) is 18.5. The summed E-state index contributed by atoms with van der Waals surface area (Å²) >= 11 is 0. The first-order chi connectivity index (χ1) is 12.6. The maximum atomic E-state index is 12.4. The van der Waals surface area contributed by atoms with E-state index in [4.69, 9.17) is 9.47 Å². The topological polar surface area (TPSA) is 79.8 Å². The van der Waals surface area contributed by atoms with Gasteiger partial charge in [0.2, 0.25) is 0 Å². The van der Waals surface area contributed by atoms with Gasteiger partial charge in [0.25, 0.3) is 5.91 Å². The fourth-order valence-electron chi connectivity index (χ4n) is 3.05. The van der Waals surface area contributed by atoms with Crippen molar-refractivity contribution in [3.63, 3.8) is 0 Å². The summed E-state index contributed by atoms with van der Waals surface area (Å²) in [6, 6.07) is 12.8. The molecule has 0 aliphatic carbocycles. The number of benzene rings is 2. The first-order valence-electron chi connectivity index (χ1n) is 8.64. The molecule has 0 spiro atoms. The van der Waals surface area contributed by atoms with Crippen LogP contribution in [0.2, 0.25) is 0 Å². The van der Waals surface area contributed by atoms with E-state index >= 15 is 0 Å². The van der Waals surface area contributed by atoms with Gasteiger partial charge in [0.15, 0.2) is 0 Å². The van der Waals surface area contributed by atoms with Crippen LogP contribution < -0.4 is 20.1 Å². The highest BCUT2D eigenvalue weighted by Crippen LogP contribution is 2.29. The first kappa shape index (κ1) is 18.2. The maximum Gasteiger partial charge on any atom is 0.251 e. The average Bonchev–Trinajstić information content (AvgIpc) is 2.69. The Hall–Kier alpha value is -2.57. The second-order valence-electron chi connectivity index (χ2n) is 6.32. The molecule has 2 aromatic carbocycles. The molecule has 2 atom stereocenters. The highest BCUT2D eigenvalue weighted by Gasteiger charge is 2.24. The predicted octanol–water partition coefficient (Wildman–Crippen LogP) is 1.82. The van der Waals surface area contributed by atoms with Gasteiger partial charge in [0.05, 0.1) is 26.4 Å². The predicted molar refractivity (Wildman–Crippen MR) is 99.7 cm³/mol. The summed E-state index contributed by atoms with van der Waals surface area (Å²) in [6.45, 7) is 1.29. The van der Waals surface area contributed by atoms with E-state index in [0.717, 1.165) is 17.7 Å². The lowest BCUT2D eigenvalue weighted by atomic mass is 10.0. The molecule has 0 unspecified atom stereocenters. The quantitative estimate of drug-likeness (QED) is 0.762. The summed E-state index contributed by atoms with van der Waals surface area (Å²) < 4.78 is 10.6. The largest absolute Gasteiger partial charge is 0.497 e. The van der Waals surface area contributed by atoms with Crippen LogP contribution >= 0.6 is 0 Å². The number of amides is 1. The average molecular weight is 356 g/mol. The number of carbonyl (C=O) groups is 1. The summed E-state index contributed by atoms with van der Waals surface area (Å²) in [7, 11) is 3.22. The van der Waals surface area contributed by atoms with Crippen LogP contribution in [0.25, 0.3) is 11.1 Å². The molecule has 1 aliphatic heterocycles. The van der Waals surface area contributed by atoms with Crippen molar-refractivity contribution in [2.75, 3.05) is 27.3 Å². The van der Waals surface area contributed by atoms with Crippen molar-refractivity contribution >= 4 is 5.91 Å². The molecule has 6 nitrogen and oxygen atoms in total. The Bertz CT molecular complexity index is 739. The van der Waals surface area contributed by atoms with Crippen LogP contribution in [0, 0.1) is 0 Å². The van der Waals surface area contributed by atoms with E-state index < -0.39 is 6.10 Å². The van der Waals surface area contributed by atoms with Crippen LogP contribution in [-0.4, -0.2) is 50.5 Å². The smallest absolute Gasteiger partial charge is 0.251 e. The van der Waals surface area contributed by atoms with Gasteiger partial charge in [-0.1, -0.05) is 12.1 Å². The number of nitrogens with one attached hydrogen (secondary N) is 2. The van der Waals surface area contributed by atoms with Crippen molar-refractivity contribution in [3.05, 3.63) is 48.0 Å². The van der Waals surface area contributed by atoms with Gasteiger partial charge in [-0.2, -0.15) is 0 Å². The molecular formula is C20H24N2O4. The number of aliphatic hydroxyl groups excluding tert-OH is 1. The highest BCUT2D eigenvalue weighted by atomic mass is 16.5. The molecule has 3 rings (SSSR count). The minimum atomic E-state index is -0.559. The van der Waals surface area contributed by atoms with Crippen molar-refractivity contribution in [2.45, 2.75) is 18.6 Å². The Kier molecular flexibility index (Phi) is 5.75. The third-order valence-corrected chi connectivity index (χ3v) is 4.60. The van der Waals surface area contributed by atoms with Gasteiger partial charge in [0.1, 0.15) is 11.5 Å². The Labute approximate surface area is 153 Å². The van der Waals surface area contributed by atoms with E-state index in [0.29, 0.717) is 30.0 Å². The van der Waals surface area contributed by atoms with Gasteiger partial charge < -0.3 is 25.2 Å². The zero-order valence-electron chi connectivity index (χ0n) is 15.0. The standard InChI is InChI=1S/C20H24N2O4/c1-25-16-9-15(10-17(11-16)26-2)13-3-5-14(6-4-13)20(24)22-18-7-8-21-12-19(18)23/h3-6,9-11,18-19,21,23H,7-8,12H2,1-2H3,(H,22,24)/t18-,19-/m1/s1. The lowest BCUT2D eigenvalue weighted by Crippen LogP contribution is -2.52. The monoisotopic (exact) mass is 356 g/mol. The van der Waals surface area contributed by atoms with Crippen LogP contribution in [0.15, 0.2) is 42.5 Å². The second kappa shape index (κ2) is 8.21. The summed E-state index contributed by atoms with van der Waals surface area (Å²) in [5.74, 6) is 1.24. The van der Waals surface area contributed by atoms with Crippen molar-refractivity contribution in [2.24, 2.45) is 0 Å². The lowest BCUT2D eigenvalue weighted by molar-refractivity contribution is 0.0765. The van der Waals surface area contributed by atoms with Gasteiger partial charge in [0, 0.05) is 18.2 Å². The van der Waals surface area contributed by atoms with Crippen molar-refractivity contribution in [3.8, 4) is 22.6 Å². The van der Waals surface area contributed by atoms with Crippen LogP contribution in [0.3, 0.4) is 0 Å². The third-order valence-electron chi connectivity index (χ3n) is 4.60. The van der Waals surface area contributed by atoms with Crippen molar-refractivity contribution in [1.29, 1.82) is 0 Å². The number of piperidine rings is 1. The fourth-order valence-corrected chi connectivity index (χ4v) is 3.05. The highest BCUT2D eigenvalue weighted by molar-refractivity contribution is 5.95. The Morgan fingerprint density at radius 1 is 1.08 bits per heavy atom. The summed E-state index contributed by atoms with van der Waals surface area (Å²) in [5.41, 5.74) is 2.47. The molecule has 0 saturated carbocycles. The SMILES string of the molecule is COc1cc(OC)cc(-c2ccc(C(=O)N[C@@H]3CCNC[C@H]3O)cc2)c1. The minimum Gasteiger partial charge on any atom is -0.497 e. The molecule has 1 aliphatic rings. The van der Waals surface area contributed by atoms with Crippen LogP contribution in [0.5, 0.6) is 11.5 Å². The summed E-state index contributed by atoms with van der Waals surface area (Å²) in [4.78, 5) is 12.4. The molecule has 1 amide bonds. The van der Waals surface area contributed by atoms with Gasteiger partial charge in [-0.05, 0) is 48.4 Å². The molecule has 6 heteroatoms. The van der Waals surface area contributed by atoms with Gasteiger partial charge >= 0.3 is 0 Å². The Balaban J connectivity index is 1.75. The third kappa shape index (κ3) is 4.15. The van der Waals surface area contributed by atoms with E-state index in [9.17, 15) is 9.90 Å². The molecule has 1 fully saturated rings. The number of aliphatic hydroxyl groups is 1. The molecule has 0 aromatic heterocycles. The van der Waals surface area contributed by atoms with E-state index in [-0.39, 0.29) is 11.9 Å². The normalized spacial score (nSPS) is 19.7. The van der Waals surface area contributed by atoms with Crippen LogP contribution in [0.1, 0.15) is 16.8 Å². The molecular weight excluding hydrogens is 332 g/mol. The molecule has 26 heavy (non-hydrogen) atoms. The van der Waals surface area contributed by atoms with E-state index in [1.165, 1.54) is 0 Å². The molecule has 1 saturated heterocycles.